The van der Waals surface area contributed by atoms with Gasteiger partial charge in [-0.25, -0.2) is 4.79 Å². The number of carboxylic acids is 1. The first kappa shape index (κ1) is 16.1. The molecule has 0 bridgehead atoms. The van der Waals surface area contributed by atoms with Crippen molar-refractivity contribution in [1.82, 2.24) is 9.80 Å². The molecular weight excluding hydrogens is 264 g/mol. The second-order valence-electron chi connectivity index (χ2n) is 5.19. The van der Waals surface area contributed by atoms with Gasteiger partial charge in [-0.2, -0.15) is 11.8 Å². The standard InChI is InChI=1S/C13H24N2O3S/c1-10(2)15(6-4-5-12(16)17)13(18)14-7-8-19-11(3)9-14/h10-11H,4-9H2,1-3H3,(H,16,17). The maximum atomic E-state index is 12.5. The number of hydrogen-bond donors (Lipinski definition) is 1. The van der Waals surface area contributed by atoms with E-state index in [1.807, 2.05) is 30.5 Å². The van der Waals surface area contributed by atoms with Gasteiger partial charge in [-0.15, -0.1) is 0 Å². The quantitative estimate of drug-likeness (QED) is 0.842. The molecule has 0 saturated carbocycles. The Morgan fingerprint density at radius 3 is 2.68 bits per heavy atom. The second-order valence-corrected chi connectivity index (χ2v) is 6.74. The molecular formula is C13H24N2O3S. The molecule has 1 saturated heterocycles. The van der Waals surface area contributed by atoms with Crippen molar-refractivity contribution < 1.29 is 14.7 Å². The summed E-state index contributed by atoms with van der Waals surface area (Å²) in [6.45, 7) is 8.16. The molecule has 1 heterocycles. The molecule has 1 fully saturated rings. The van der Waals surface area contributed by atoms with E-state index in [2.05, 4.69) is 6.92 Å². The van der Waals surface area contributed by atoms with Crippen molar-refractivity contribution in [2.45, 2.75) is 44.9 Å². The lowest BCUT2D eigenvalue weighted by atomic mass is 10.2. The highest BCUT2D eigenvalue weighted by Gasteiger charge is 2.26. The fourth-order valence-corrected chi connectivity index (χ4v) is 3.16. The van der Waals surface area contributed by atoms with Crippen molar-refractivity contribution in [3.63, 3.8) is 0 Å². The minimum Gasteiger partial charge on any atom is -0.481 e. The highest BCUT2D eigenvalue weighted by atomic mass is 32.2. The monoisotopic (exact) mass is 288 g/mol. The van der Waals surface area contributed by atoms with Gasteiger partial charge in [0.2, 0.25) is 0 Å². The molecule has 1 unspecified atom stereocenters. The van der Waals surface area contributed by atoms with Gasteiger partial charge in [0.25, 0.3) is 0 Å². The van der Waals surface area contributed by atoms with Gasteiger partial charge in [0, 0.05) is 43.1 Å². The Labute approximate surface area is 119 Å². The number of thioether (sulfide) groups is 1. The minimum absolute atomic E-state index is 0.0486. The van der Waals surface area contributed by atoms with E-state index in [1.165, 1.54) is 0 Å². The Hall–Kier alpha value is -0.910. The van der Waals surface area contributed by atoms with Gasteiger partial charge in [0.05, 0.1) is 0 Å². The SMILES string of the molecule is CC1CN(C(=O)N(CCCC(=O)O)C(C)C)CCS1. The Balaban J connectivity index is 2.54. The molecule has 1 N–H and O–H groups in total. The van der Waals surface area contributed by atoms with Crippen LogP contribution in [0.4, 0.5) is 4.79 Å². The van der Waals surface area contributed by atoms with Gasteiger partial charge < -0.3 is 14.9 Å². The summed E-state index contributed by atoms with van der Waals surface area (Å²) in [7, 11) is 0. The summed E-state index contributed by atoms with van der Waals surface area (Å²) in [5, 5.41) is 9.15. The molecule has 1 aliphatic heterocycles. The fraction of sp³-hybridized carbons (Fsp3) is 0.846. The molecule has 5 nitrogen and oxygen atoms in total. The Morgan fingerprint density at radius 1 is 1.47 bits per heavy atom. The number of nitrogens with zero attached hydrogens (tertiary/aromatic N) is 2. The van der Waals surface area contributed by atoms with Gasteiger partial charge in [0.1, 0.15) is 0 Å². The van der Waals surface area contributed by atoms with E-state index in [0.29, 0.717) is 18.2 Å². The van der Waals surface area contributed by atoms with E-state index >= 15 is 0 Å². The third kappa shape index (κ3) is 5.30. The number of amides is 2. The van der Waals surface area contributed by atoms with E-state index in [9.17, 15) is 9.59 Å². The summed E-state index contributed by atoms with van der Waals surface area (Å²) in [6, 6.07) is 0.152. The van der Waals surface area contributed by atoms with Crippen LogP contribution in [0.5, 0.6) is 0 Å². The summed E-state index contributed by atoms with van der Waals surface area (Å²) >= 11 is 1.89. The Bertz CT molecular complexity index is 323. The van der Waals surface area contributed by atoms with Crippen molar-refractivity contribution in [3.05, 3.63) is 0 Å². The van der Waals surface area contributed by atoms with Gasteiger partial charge >= 0.3 is 12.0 Å². The topological polar surface area (TPSA) is 60.9 Å². The smallest absolute Gasteiger partial charge is 0.320 e. The molecule has 0 aliphatic carbocycles. The van der Waals surface area contributed by atoms with E-state index in [4.69, 9.17) is 5.11 Å². The summed E-state index contributed by atoms with van der Waals surface area (Å²) < 4.78 is 0. The van der Waals surface area contributed by atoms with Crippen LogP contribution in [0, 0.1) is 0 Å². The molecule has 0 radical (unpaired) electrons. The van der Waals surface area contributed by atoms with Crippen LogP contribution in [-0.4, -0.2) is 63.6 Å². The van der Waals surface area contributed by atoms with Gasteiger partial charge in [-0.3, -0.25) is 4.79 Å². The zero-order valence-corrected chi connectivity index (χ0v) is 12.8. The first-order valence-electron chi connectivity index (χ1n) is 6.80. The number of carboxylic acid groups (broad SMARTS) is 1. The van der Waals surface area contributed by atoms with Crippen molar-refractivity contribution >= 4 is 23.8 Å². The second kappa shape index (κ2) is 7.62. The first-order valence-corrected chi connectivity index (χ1v) is 7.85. The maximum absolute atomic E-state index is 12.5. The van der Waals surface area contributed by atoms with Gasteiger partial charge in [-0.05, 0) is 20.3 Å². The van der Waals surface area contributed by atoms with Crippen LogP contribution >= 0.6 is 11.8 Å². The van der Waals surface area contributed by atoms with E-state index in [-0.39, 0.29) is 18.5 Å². The molecule has 1 aliphatic rings. The number of rotatable bonds is 5. The largest absolute Gasteiger partial charge is 0.481 e. The van der Waals surface area contributed by atoms with E-state index in [0.717, 1.165) is 18.8 Å². The molecule has 110 valence electrons. The average molecular weight is 288 g/mol. The lowest BCUT2D eigenvalue weighted by molar-refractivity contribution is -0.137. The summed E-state index contributed by atoms with van der Waals surface area (Å²) in [5.41, 5.74) is 0. The van der Waals surface area contributed by atoms with Crippen LogP contribution in [0.2, 0.25) is 0 Å². The Morgan fingerprint density at radius 2 is 2.16 bits per heavy atom. The predicted molar refractivity (Wildman–Crippen MR) is 77.6 cm³/mol. The zero-order valence-electron chi connectivity index (χ0n) is 12.0. The number of aliphatic carboxylic acids is 1. The maximum Gasteiger partial charge on any atom is 0.320 e. The highest BCUT2D eigenvalue weighted by Crippen LogP contribution is 2.19. The molecule has 0 spiro atoms. The molecule has 1 rings (SSSR count). The van der Waals surface area contributed by atoms with Crippen molar-refractivity contribution in [3.8, 4) is 0 Å². The minimum atomic E-state index is -0.806. The summed E-state index contributed by atoms with van der Waals surface area (Å²) in [5.74, 6) is 0.174. The van der Waals surface area contributed by atoms with Crippen LogP contribution in [0.1, 0.15) is 33.6 Å². The van der Waals surface area contributed by atoms with Crippen LogP contribution in [0.15, 0.2) is 0 Å². The van der Waals surface area contributed by atoms with Crippen LogP contribution in [-0.2, 0) is 4.79 Å². The molecule has 0 aromatic rings. The number of carbonyl (C=O) groups excluding carboxylic acids is 1. The first-order chi connectivity index (χ1) is 8.91. The van der Waals surface area contributed by atoms with Crippen molar-refractivity contribution in [2.24, 2.45) is 0 Å². The van der Waals surface area contributed by atoms with Gasteiger partial charge in [-0.1, -0.05) is 6.92 Å². The molecule has 19 heavy (non-hydrogen) atoms. The number of hydrogen-bond acceptors (Lipinski definition) is 3. The Kier molecular flexibility index (Phi) is 6.48. The van der Waals surface area contributed by atoms with E-state index in [1.54, 1.807) is 4.90 Å². The molecule has 0 aromatic carbocycles. The normalized spacial score (nSPS) is 19.6. The molecule has 1 atom stereocenters. The van der Waals surface area contributed by atoms with Gasteiger partial charge in [0.15, 0.2) is 0 Å². The third-order valence-corrected chi connectivity index (χ3v) is 4.31. The number of urea groups is 1. The average Bonchev–Trinajstić information content (AvgIpc) is 2.33. The molecule has 2 amide bonds. The van der Waals surface area contributed by atoms with Crippen molar-refractivity contribution in [2.75, 3.05) is 25.4 Å². The lowest BCUT2D eigenvalue weighted by Gasteiger charge is -2.37. The van der Waals surface area contributed by atoms with E-state index < -0.39 is 5.97 Å². The van der Waals surface area contributed by atoms with Crippen LogP contribution < -0.4 is 0 Å². The predicted octanol–water partition coefficient (Wildman–Crippen LogP) is 2.12. The summed E-state index contributed by atoms with van der Waals surface area (Å²) in [6.07, 6.45) is 0.625. The van der Waals surface area contributed by atoms with Crippen molar-refractivity contribution in [1.29, 1.82) is 0 Å². The highest BCUT2D eigenvalue weighted by molar-refractivity contribution is 7.99. The van der Waals surface area contributed by atoms with Crippen LogP contribution in [0.25, 0.3) is 0 Å². The lowest BCUT2D eigenvalue weighted by Crippen LogP contribution is -2.50. The fourth-order valence-electron chi connectivity index (χ4n) is 2.15. The molecule has 0 aromatic heterocycles. The zero-order chi connectivity index (χ0) is 14.4. The third-order valence-electron chi connectivity index (χ3n) is 3.17. The summed E-state index contributed by atoms with van der Waals surface area (Å²) in [4.78, 5) is 26.7. The molecule has 6 heteroatoms. The van der Waals surface area contributed by atoms with Crippen LogP contribution in [0.3, 0.4) is 0 Å². The number of carbonyl (C=O) groups is 2.